The van der Waals surface area contributed by atoms with Crippen LogP contribution in [-0.2, 0) is 10.9 Å². The summed E-state index contributed by atoms with van der Waals surface area (Å²) in [5.41, 5.74) is 4.08. The van der Waals surface area contributed by atoms with Crippen molar-refractivity contribution in [3.8, 4) is 22.6 Å². The number of fused-ring (bicyclic) bond motifs is 1. The normalized spacial score (nSPS) is 16.2. The van der Waals surface area contributed by atoms with Crippen molar-refractivity contribution in [1.82, 2.24) is 19.9 Å². The first-order valence-electron chi connectivity index (χ1n) is 15.1. The van der Waals surface area contributed by atoms with Crippen LogP contribution in [0.3, 0.4) is 0 Å². The van der Waals surface area contributed by atoms with Crippen LogP contribution in [0, 0.1) is 5.41 Å². The number of H-pyrrole nitrogens is 1. The quantitative estimate of drug-likeness (QED) is 0.215. The van der Waals surface area contributed by atoms with Gasteiger partial charge in [-0.1, -0.05) is 13.8 Å². The standard InChI is InChI=1S/C33H39F3N6O/c1-32(2,20-43-4)19-41(3)27-17-26(23-16-25(33(34,35)36)28(37-18-23)21-8-9-21)38-31-29(27)39-30(40-31)22-10-12-24(13-11-22)42-14-6-5-7-15-42/h10-13,16-18,21H,5-9,14-15,19-20H2,1-4H3,(H,38,39,40). The summed E-state index contributed by atoms with van der Waals surface area (Å²) >= 11 is 0. The number of nitrogens with one attached hydrogen (secondary N) is 1. The molecule has 1 saturated heterocycles. The summed E-state index contributed by atoms with van der Waals surface area (Å²) in [5.74, 6) is 0.537. The number of piperidine rings is 1. The highest BCUT2D eigenvalue weighted by Crippen LogP contribution is 2.46. The van der Waals surface area contributed by atoms with Gasteiger partial charge in [-0.15, -0.1) is 0 Å². The number of methoxy groups -OCH3 is 1. The van der Waals surface area contributed by atoms with Gasteiger partial charge in [0, 0.05) is 68.1 Å². The van der Waals surface area contributed by atoms with Crippen molar-refractivity contribution in [2.45, 2.75) is 58.0 Å². The summed E-state index contributed by atoms with van der Waals surface area (Å²) in [7, 11) is 3.65. The predicted molar refractivity (Wildman–Crippen MR) is 165 cm³/mol. The first kappa shape index (κ1) is 29.4. The molecule has 4 heterocycles. The second-order valence-corrected chi connectivity index (χ2v) is 12.8. The predicted octanol–water partition coefficient (Wildman–Crippen LogP) is 7.68. The number of aromatic nitrogens is 4. The van der Waals surface area contributed by atoms with E-state index in [0.717, 1.165) is 42.7 Å². The number of alkyl halides is 3. The maximum absolute atomic E-state index is 14.1. The van der Waals surface area contributed by atoms with E-state index in [4.69, 9.17) is 14.7 Å². The Balaban J connectivity index is 1.42. The highest BCUT2D eigenvalue weighted by molar-refractivity contribution is 5.91. The van der Waals surface area contributed by atoms with Crippen molar-refractivity contribution in [1.29, 1.82) is 0 Å². The van der Waals surface area contributed by atoms with Crippen molar-refractivity contribution in [2.24, 2.45) is 5.41 Å². The van der Waals surface area contributed by atoms with Crippen molar-refractivity contribution >= 4 is 22.5 Å². The monoisotopic (exact) mass is 592 g/mol. The lowest BCUT2D eigenvalue weighted by atomic mass is 9.94. The van der Waals surface area contributed by atoms with Gasteiger partial charge in [0.05, 0.1) is 29.2 Å². The number of imidazole rings is 1. The van der Waals surface area contributed by atoms with E-state index in [1.807, 2.05) is 13.1 Å². The third-order valence-electron chi connectivity index (χ3n) is 8.40. The lowest BCUT2D eigenvalue weighted by Crippen LogP contribution is -2.34. The van der Waals surface area contributed by atoms with E-state index in [9.17, 15) is 13.2 Å². The minimum Gasteiger partial charge on any atom is -0.384 e. The zero-order valence-electron chi connectivity index (χ0n) is 25.3. The fourth-order valence-corrected chi connectivity index (χ4v) is 6.23. The SMILES string of the molecule is COCC(C)(C)CN(C)c1cc(-c2cnc(C3CC3)c(C(F)(F)F)c2)nc2nc(-c3ccc(N4CCCCC4)cc3)[nH]c12. The first-order valence-corrected chi connectivity index (χ1v) is 15.1. The fourth-order valence-electron chi connectivity index (χ4n) is 6.23. The first-order chi connectivity index (χ1) is 20.5. The second-order valence-electron chi connectivity index (χ2n) is 12.8. The lowest BCUT2D eigenvalue weighted by Gasteiger charge is -2.31. The zero-order valence-corrected chi connectivity index (χ0v) is 25.3. The smallest absolute Gasteiger partial charge is 0.384 e. The Morgan fingerprint density at radius 3 is 2.37 bits per heavy atom. The summed E-state index contributed by atoms with van der Waals surface area (Å²) in [4.78, 5) is 21.9. The molecule has 0 radical (unpaired) electrons. The van der Waals surface area contributed by atoms with Gasteiger partial charge in [0.1, 0.15) is 11.3 Å². The zero-order chi connectivity index (χ0) is 30.4. The summed E-state index contributed by atoms with van der Waals surface area (Å²) < 4.78 is 47.7. The van der Waals surface area contributed by atoms with Crippen LogP contribution in [0.4, 0.5) is 24.5 Å². The van der Waals surface area contributed by atoms with Crippen LogP contribution in [-0.4, -0.2) is 60.3 Å². The average Bonchev–Trinajstić information content (AvgIpc) is 3.74. The molecule has 0 atom stereocenters. The molecule has 10 heteroatoms. The Bertz CT molecular complexity index is 1590. The van der Waals surface area contributed by atoms with Crippen molar-refractivity contribution in [3.63, 3.8) is 0 Å². The number of pyridine rings is 2. The molecule has 1 aliphatic carbocycles. The van der Waals surface area contributed by atoms with Crippen LogP contribution >= 0.6 is 0 Å². The number of hydrogen-bond donors (Lipinski definition) is 1. The Kier molecular flexibility index (Phi) is 7.83. The number of benzene rings is 1. The number of rotatable bonds is 9. The second kappa shape index (κ2) is 11.4. The topological polar surface area (TPSA) is 70.2 Å². The Hall–Kier alpha value is -3.66. The Morgan fingerprint density at radius 1 is 1.00 bits per heavy atom. The molecule has 0 amide bonds. The third-order valence-corrected chi connectivity index (χ3v) is 8.40. The maximum atomic E-state index is 14.1. The molecule has 7 nitrogen and oxygen atoms in total. The van der Waals surface area contributed by atoms with Gasteiger partial charge in [0.2, 0.25) is 0 Å². The van der Waals surface area contributed by atoms with E-state index in [1.54, 1.807) is 7.11 Å². The van der Waals surface area contributed by atoms with E-state index >= 15 is 0 Å². The lowest BCUT2D eigenvalue weighted by molar-refractivity contribution is -0.138. The van der Waals surface area contributed by atoms with Crippen LogP contribution < -0.4 is 9.80 Å². The molecule has 3 aromatic heterocycles. The Morgan fingerprint density at radius 2 is 1.72 bits per heavy atom. The van der Waals surface area contributed by atoms with Gasteiger partial charge in [0.15, 0.2) is 5.65 Å². The summed E-state index contributed by atoms with van der Waals surface area (Å²) in [6, 6.07) is 11.4. The summed E-state index contributed by atoms with van der Waals surface area (Å²) in [5, 5.41) is 0. The fraction of sp³-hybridized carbons (Fsp3) is 0.485. The van der Waals surface area contributed by atoms with Gasteiger partial charge in [-0.05, 0) is 68.5 Å². The minimum atomic E-state index is -4.49. The molecule has 1 aliphatic heterocycles. The minimum absolute atomic E-state index is 0.124. The molecule has 1 saturated carbocycles. The van der Waals surface area contributed by atoms with Crippen LogP contribution in [0.2, 0.25) is 0 Å². The average molecular weight is 593 g/mol. The van der Waals surface area contributed by atoms with Gasteiger partial charge in [-0.25, -0.2) is 9.97 Å². The van der Waals surface area contributed by atoms with Crippen molar-refractivity contribution < 1.29 is 17.9 Å². The molecule has 2 fully saturated rings. The van der Waals surface area contributed by atoms with Gasteiger partial charge in [0.25, 0.3) is 0 Å². The summed E-state index contributed by atoms with van der Waals surface area (Å²) in [6.07, 6.45) is 2.19. The highest BCUT2D eigenvalue weighted by atomic mass is 19.4. The largest absolute Gasteiger partial charge is 0.418 e. The van der Waals surface area contributed by atoms with Crippen LogP contribution in [0.1, 0.15) is 63.1 Å². The van der Waals surface area contributed by atoms with E-state index in [0.29, 0.717) is 35.9 Å². The Labute approximate surface area is 250 Å². The number of anilines is 2. The number of halogens is 3. The maximum Gasteiger partial charge on any atom is 0.418 e. The molecule has 43 heavy (non-hydrogen) atoms. The molecular weight excluding hydrogens is 553 g/mol. The number of ether oxygens (including phenoxy) is 1. The van der Waals surface area contributed by atoms with E-state index in [2.05, 4.69) is 57.9 Å². The van der Waals surface area contributed by atoms with E-state index in [-0.39, 0.29) is 17.0 Å². The van der Waals surface area contributed by atoms with Gasteiger partial charge < -0.3 is 19.5 Å². The molecule has 1 N–H and O–H groups in total. The van der Waals surface area contributed by atoms with Gasteiger partial charge in [-0.2, -0.15) is 13.2 Å². The van der Waals surface area contributed by atoms with E-state index in [1.165, 1.54) is 37.2 Å². The van der Waals surface area contributed by atoms with Crippen LogP contribution in [0.15, 0.2) is 42.6 Å². The molecule has 1 aromatic carbocycles. The molecule has 0 bridgehead atoms. The van der Waals surface area contributed by atoms with Crippen molar-refractivity contribution in [3.05, 3.63) is 53.9 Å². The number of hydrogen-bond acceptors (Lipinski definition) is 6. The van der Waals surface area contributed by atoms with Crippen molar-refractivity contribution in [2.75, 3.05) is 50.2 Å². The van der Waals surface area contributed by atoms with Gasteiger partial charge in [-0.3, -0.25) is 4.98 Å². The van der Waals surface area contributed by atoms with E-state index < -0.39 is 11.7 Å². The molecular formula is C33H39F3N6O. The molecule has 0 unspecified atom stereocenters. The van der Waals surface area contributed by atoms with Crippen LogP contribution in [0.25, 0.3) is 33.8 Å². The van der Waals surface area contributed by atoms with Gasteiger partial charge >= 0.3 is 6.18 Å². The molecule has 0 spiro atoms. The van der Waals surface area contributed by atoms with Crippen LogP contribution in [0.5, 0.6) is 0 Å². The summed E-state index contributed by atoms with van der Waals surface area (Å²) in [6.45, 7) is 7.56. The highest BCUT2D eigenvalue weighted by Gasteiger charge is 2.39. The molecule has 4 aromatic rings. The molecule has 6 rings (SSSR count). The number of nitrogens with zero attached hydrogens (tertiary/aromatic N) is 5. The molecule has 228 valence electrons. The molecule has 2 aliphatic rings. The number of aromatic amines is 1. The third kappa shape index (κ3) is 6.34.